The summed E-state index contributed by atoms with van der Waals surface area (Å²) in [4.78, 5) is 14.0. The first-order valence-corrected chi connectivity index (χ1v) is 7.69. The fourth-order valence-corrected chi connectivity index (χ4v) is 3.11. The molecule has 0 radical (unpaired) electrons. The van der Waals surface area contributed by atoms with Gasteiger partial charge in [0.05, 0.1) is 7.11 Å². The molecule has 0 bridgehead atoms. The average Bonchev–Trinajstić information content (AvgIpc) is 2.48. The summed E-state index contributed by atoms with van der Waals surface area (Å²) in [6, 6.07) is 5.72. The molecular weight excluding hydrogens is 264 g/mol. The van der Waals surface area contributed by atoms with Crippen LogP contribution in [0.2, 0.25) is 0 Å². The van der Waals surface area contributed by atoms with Crippen molar-refractivity contribution in [1.29, 1.82) is 0 Å². The van der Waals surface area contributed by atoms with Gasteiger partial charge in [0.15, 0.2) is 5.78 Å². The van der Waals surface area contributed by atoms with Gasteiger partial charge in [-0.15, -0.1) is 0 Å². The molecule has 1 aromatic carbocycles. The molecule has 0 aromatic heterocycles. The van der Waals surface area contributed by atoms with Crippen LogP contribution in [0.4, 0.5) is 0 Å². The van der Waals surface area contributed by atoms with Crippen LogP contribution >= 0.6 is 0 Å². The first-order chi connectivity index (χ1) is 10.1. The Morgan fingerprint density at radius 3 is 2.95 bits per heavy atom. The Balaban J connectivity index is 2.10. The van der Waals surface area contributed by atoms with E-state index in [0.717, 1.165) is 43.1 Å². The maximum atomic E-state index is 11.6. The Kier molecular flexibility index (Phi) is 5.76. The monoisotopic (exact) mass is 290 g/mol. The number of hydrogen-bond donors (Lipinski definition) is 1. The van der Waals surface area contributed by atoms with Gasteiger partial charge in [0, 0.05) is 24.2 Å². The summed E-state index contributed by atoms with van der Waals surface area (Å²) in [5.41, 5.74) is 1.87. The van der Waals surface area contributed by atoms with Gasteiger partial charge in [-0.1, -0.05) is 0 Å². The summed E-state index contributed by atoms with van der Waals surface area (Å²) in [6.45, 7) is 5.75. The number of ether oxygens (including phenoxy) is 1. The molecule has 1 aromatic rings. The molecular formula is C17H26N2O2. The molecule has 2 rings (SSSR count). The van der Waals surface area contributed by atoms with E-state index in [0.29, 0.717) is 5.92 Å². The van der Waals surface area contributed by atoms with E-state index in [2.05, 4.69) is 10.2 Å². The van der Waals surface area contributed by atoms with Crippen LogP contribution in [0.5, 0.6) is 5.75 Å². The number of carbonyl (C=O) groups is 1. The quantitative estimate of drug-likeness (QED) is 0.817. The third kappa shape index (κ3) is 4.29. The predicted octanol–water partition coefficient (Wildman–Crippen LogP) is 2.33. The number of Topliss-reactive ketones (excluding diaryl/α,β-unsaturated/α-hetero) is 1. The molecule has 1 N–H and O–H groups in total. The number of nitrogens with zero attached hydrogens (tertiary/aromatic N) is 1. The van der Waals surface area contributed by atoms with Crippen LogP contribution < -0.4 is 10.1 Å². The number of carbonyl (C=O) groups excluding carboxylic acids is 1. The lowest BCUT2D eigenvalue weighted by Crippen LogP contribution is -2.38. The van der Waals surface area contributed by atoms with Gasteiger partial charge in [0.2, 0.25) is 0 Å². The number of ketones is 1. The number of methoxy groups -OCH3 is 1. The van der Waals surface area contributed by atoms with E-state index in [-0.39, 0.29) is 5.78 Å². The maximum Gasteiger partial charge on any atom is 0.159 e. The first-order valence-electron chi connectivity index (χ1n) is 7.69. The van der Waals surface area contributed by atoms with Crippen molar-refractivity contribution < 1.29 is 9.53 Å². The Bertz CT molecular complexity index is 486. The number of piperidine rings is 1. The van der Waals surface area contributed by atoms with E-state index in [4.69, 9.17) is 4.74 Å². The topological polar surface area (TPSA) is 41.6 Å². The van der Waals surface area contributed by atoms with Crippen LogP contribution in [0.1, 0.15) is 35.7 Å². The van der Waals surface area contributed by atoms with Gasteiger partial charge in [-0.05, 0) is 64.0 Å². The van der Waals surface area contributed by atoms with Crippen LogP contribution in [0.15, 0.2) is 18.2 Å². The number of nitrogens with one attached hydrogen (secondary N) is 1. The van der Waals surface area contributed by atoms with Gasteiger partial charge >= 0.3 is 0 Å². The van der Waals surface area contributed by atoms with Crippen molar-refractivity contribution in [3.8, 4) is 5.75 Å². The fraction of sp³-hybridized carbons (Fsp3) is 0.588. The van der Waals surface area contributed by atoms with Gasteiger partial charge in [0.1, 0.15) is 5.75 Å². The normalized spacial score (nSPS) is 19.5. The predicted molar refractivity (Wildman–Crippen MR) is 84.9 cm³/mol. The molecule has 4 heteroatoms. The summed E-state index contributed by atoms with van der Waals surface area (Å²) in [6.07, 6.45) is 2.53. The van der Waals surface area contributed by atoms with Crippen molar-refractivity contribution in [3.63, 3.8) is 0 Å². The van der Waals surface area contributed by atoms with E-state index in [1.165, 1.54) is 12.8 Å². The molecule has 1 atom stereocenters. The number of hydrogen-bond acceptors (Lipinski definition) is 4. The Labute approximate surface area is 127 Å². The molecule has 1 aliphatic heterocycles. The van der Waals surface area contributed by atoms with Crippen LogP contribution in [-0.4, -0.2) is 44.5 Å². The maximum absolute atomic E-state index is 11.6. The Morgan fingerprint density at radius 2 is 2.29 bits per heavy atom. The van der Waals surface area contributed by atoms with Crippen molar-refractivity contribution in [1.82, 2.24) is 10.2 Å². The summed E-state index contributed by atoms with van der Waals surface area (Å²) in [5, 5.41) is 3.27. The SMILES string of the molecule is CNCC1CCCN(Cc2cc(C(C)=O)ccc2OC)C1. The van der Waals surface area contributed by atoms with Crippen molar-refractivity contribution in [3.05, 3.63) is 29.3 Å². The molecule has 1 heterocycles. The van der Waals surface area contributed by atoms with Crippen LogP contribution in [0.3, 0.4) is 0 Å². The van der Waals surface area contributed by atoms with E-state index >= 15 is 0 Å². The molecule has 1 aliphatic rings. The van der Waals surface area contributed by atoms with Crippen molar-refractivity contribution >= 4 is 5.78 Å². The highest BCUT2D eigenvalue weighted by molar-refractivity contribution is 5.94. The molecule has 21 heavy (non-hydrogen) atoms. The highest BCUT2D eigenvalue weighted by Gasteiger charge is 2.20. The van der Waals surface area contributed by atoms with Crippen LogP contribution in [0, 0.1) is 5.92 Å². The molecule has 116 valence electrons. The minimum atomic E-state index is 0.102. The minimum Gasteiger partial charge on any atom is -0.496 e. The highest BCUT2D eigenvalue weighted by Crippen LogP contribution is 2.24. The van der Waals surface area contributed by atoms with Gasteiger partial charge < -0.3 is 10.1 Å². The second-order valence-electron chi connectivity index (χ2n) is 5.88. The minimum absolute atomic E-state index is 0.102. The second kappa shape index (κ2) is 7.57. The largest absolute Gasteiger partial charge is 0.496 e. The summed E-state index contributed by atoms with van der Waals surface area (Å²) >= 11 is 0. The zero-order valence-electron chi connectivity index (χ0n) is 13.3. The third-order valence-corrected chi connectivity index (χ3v) is 4.18. The lowest BCUT2D eigenvalue weighted by atomic mass is 9.97. The van der Waals surface area contributed by atoms with E-state index in [9.17, 15) is 4.79 Å². The van der Waals surface area contributed by atoms with Gasteiger partial charge in [-0.25, -0.2) is 0 Å². The molecule has 1 unspecified atom stereocenters. The van der Waals surface area contributed by atoms with E-state index in [1.807, 2.05) is 25.2 Å². The number of rotatable bonds is 6. The zero-order valence-corrected chi connectivity index (χ0v) is 13.3. The molecule has 0 spiro atoms. The molecule has 1 saturated heterocycles. The Hall–Kier alpha value is -1.39. The lowest BCUT2D eigenvalue weighted by molar-refractivity contribution is 0.101. The highest BCUT2D eigenvalue weighted by atomic mass is 16.5. The van der Waals surface area contributed by atoms with Gasteiger partial charge in [-0.2, -0.15) is 0 Å². The smallest absolute Gasteiger partial charge is 0.159 e. The molecule has 0 amide bonds. The number of benzene rings is 1. The van der Waals surface area contributed by atoms with E-state index < -0.39 is 0 Å². The third-order valence-electron chi connectivity index (χ3n) is 4.18. The molecule has 0 aliphatic carbocycles. The molecule has 1 fully saturated rings. The lowest BCUT2D eigenvalue weighted by Gasteiger charge is -2.33. The van der Waals surface area contributed by atoms with Gasteiger partial charge in [0.25, 0.3) is 0 Å². The van der Waals surface area contributed by atoms with Crippen LogP contribution in [0.25, 0.3) is 0 Å². The van der Waals surface area contributed by atoms with Crippen molar-refractivity contribution in [2.45, 2.75) is 26.3 Å². The fourth-order valence-electron chi connectivity index (χ4n) is 3.11. The Morgan fingerprint density at radius 1 is 1.48 bits per heavy atom. The standard InChI is InChI=1S/C17H26N2O2/c1-13(20)15-6-7-17(21-3)16(9-15)12-19-8-4-5-14(11-19)10-18-2/h6-7,9,14,18H,4-5,8,10-12H2,1-3H3. The summed E-state index contributed by atoms with van der Waals surface area (Å²) in [5.74, 6) is 1.69. The van der Waals surface area contributed by atoms with Crippen molar-refractivity contribution in [2.75, 3.05) is 33.8 Å². The van der Waals surface area contributed by atoms with Crippen molar-refractivity contribution in [2.24, 2.45) is 5.92 Å². The zero-order chi connectivity index (χ0) is 15.2. The molecule has 0 saturated carbocycles. The average molecular weight is 290 g/mol. The molecule has 4 nitrogen and oxygen atoms in total. The van der Waals surface area contributed by atoms with Gasteiger partial charge in [-0.3, -0.25) is 9.69 Å². The summed E-state index contributed by atoms with van der Waals surface area (Å²) < 4.78 is 5.45. The van der Waals surface area contributed by atoms with E-state index in [1.54, 1.807) is 14.0 Å². The summed E-state index contributed by atoms with van der Waals surface area (Å²) in [7, 11) is 3.70. The first kappa shape index (κ1) is 16.0. The van der Waals surface area contributed by atoms with Crippen LogP contribution in [-0.2, 0) is 6.54 Å². The number of likely N-dealkylation sites (tertiary alicyclic amines) is 1. The second-order valence-corrected chi connectivity index (χ2v) is 5.88.